The highest BCUT2D eigenvalue weighted by atomic mass is 35.5. The molecule has 0 fully saturated rings. The van der Waals surface area contributed by atoms with Gasteiger partial charge in [0.05, 0.1) is 5.69 Å². The lowest BCUT2D eigenvalue weighted by atomic mass is 10.2. The lowest BCUT2D eigenvalue weighted by Crippen LogP contribution is -2.18. The Kier molecular flexibility index (Phi) is 5.38. The van der Waals surface area contributed by atoms with Crippen molar-refractivity contribution in [2.24, 2.45) is 0 Å². The summed E-state index contributed by atoms with van der Waals surface area (Å²) >= 11 is 5.83. The number of nitrogens with one attached hydrogen (secondary N) is 2. The van der Waals surface area contributed by atoms with Crippen molar-refractivity contribution in [3.05, 3.63) is 35.0 Å². The van der Waals surface area contributed by atoms with Gasteiger partial charge >= 0.3 is 6.18 Å². The molecule has 2 aromatic rings. The Hall–Kier alpha value is -2.22. The van der Waals surface area contributed by atoms with Crippen LogP contribution in [0, 0.1) is 0 Å². The monoisotopic (exact) mass is 360 g/mol. The second-order valence-corrected chi connectivity index (χ2v) is 5.64. The zero-order chi connectivity index (χ0) is 17.9. The molecule has 0 aliphatic carbocycles. The van der Waals surface area contributed by atoms with Gasteiger partial charge in [-0.3, -0.25) is 0 Å². The Bertz CT molecular complexity index is 724. The number of hydrogen-bond acceptors (Lipinski definition) is 5. The summed E-state index contributed by atoms with van der Waals surface area (Å²) in [5.74, 6) is -0.424. The molecule has 24 heavy (non-hydrogen) atoms. The molecule has 0 bridgehead atoms. The number of anilines is 3. The van der Waals surface area contributed by atoms with Gasteiger partial charge < -0.3 is 15.7 Å². The van der Waals surface area contributed by atoms with E-state index >= 15 is 0 Å². The third kappa shape index (κ3) is 4.64. The van der Waals surface area contributed by atoms with E-state index in [1.165, 1.54) is 18.2 Å². The van der Waals surface area contributed by atoms with Crippen molar-refractivity contribution in [1.29, 1.82) is 0 Å². The van der Waals surface area contributed by atoms with E-state index in [9.17, 15) is 18.3 Å². The summed E-state index contributed by atoms with van der Waals surface area (Å²) in [6.07, 6.45) is -3.93. The molecule has 0 saturated heterocycles. The average molecular weight is 361 g/mol. The van der Waals surface area contributed by atoms with Gasteiger partial charge in [-0.2, -0.15) is 18.2 Å². The van der Waals surface area contributed by atoms with Gasteiger partial charge in [-0.15, -0.1) is 0 Å². The molecule has 130 valence electrons. The number of benzene rings is 1. The number of alkyl halides is 3. The molecule has 1 atom stereocenters. The predicted molar refractivity (Wildman–Crippen MR) is 86.8 cm³/mol. The van der Waals surface area contributed by atoms with Crippen molar-refractivity contribution >= 4 is 29.1 Å². The number of hydrogen-bond donors (Lipinski definition) is 3. The van der Waals surface area contributed by atoms with Crippen LogP contribution in [0.4, 0.5) is 30.6 Å². The third-order valence-corrected chi connectivity index (χ3v) is 3.46. The number of aromatic hydroxyl groups is 1. The van der Waals surface area contributed by atoms with Crippen LogP contribution in [-0.2, 0) is 6.18 Å². The maximum atomic E-state index is 13.0. The summed E-state index contributed by atoms with van der Waals surface area (Å²) < 4.78 is 39.1. The summed E-state index contributed by atoms with van der Waals surface area (Å²) in [7, 11) is 0. The minimum Gasteiger partial charge on any atom is -0.506 e. The lowest BCUT2D eigenvalue weighted by Gasteiger charge is -2.16. The van der Waals surface area contributed by atoms with E-state index in [4.69, 9.17) is 11.6 Å². The van der Waals surface area contributed by atoms with Gasteiger partial charge in [-0.1, -0.05) is 18.5 Å². The van der Waals surface area contributed by atoms with Crippen LogP contribution in [0.5, 0.6) is 5.75 Å². The first-order valence-electron chi connectivity index (χ1n) is 7.17. The van der Waals surface area contributed by atoms with Gasteiger partial charge in [0.15, 0.2) is 5.69 Å². The Labute approximate surface area is 141 Å². The van der Waals surface area contributed by atoms with Crippen LogP contribution in [0.2, 0.25) is 5.02 Å². The van der Waals surface area contributed by atoms with Gasteiger partial charge in [-0.05, 0) is 31.5 Å². The molecule has 1 aromatic carbocycles. The number of phenols is 1. The van der Waals surface area contributed by atoms with Crippen molar-refractivity contribution < 1.29 is 18.3 Å². The second kappa shape index (κ2) is 7.12. The molecule has 0 spiro atoms. The highest BCUT2D eigenvalue weighted by Crippen LogP contribution is 2.33. The van der Waals surface area contributed by atoms with Crippen molar-refractivity contribution in [3.8, 4) is 5.75 Å². The largest absolute Gasteiger partial charge is 0.506 e. The molecule has 0 aliphatic heterocycles. The number of aromatic nitrogens is 2. The van der Waals surface area contributed by atoms with Crippen LogP contribution < -0.4 is 10.6 Å². The van der Waals surface area contributed by atoms with Crippen LogP contribution in [0.3, 0.4) is 0 Å². The molecule has 5 nitrogen and oxygen atoms in total. The summed E-state index contributed by atoms with van der Waals surface area (Å²) in [6.45, 7) is 3.69. The Morgan fingerprint density at radius 2 is 1.96 bits per heavy atom. The average Bonchev–Trinajstić information content (AvgIpc) is 2.49. The van der Waals surface area contributed by atoms with E-state index in [1.54, 1.807) is 6.92 Å². The molecule has 0 unspecified atom stereocenters. The van der Waals surface area contributed by atoms with Crippen LogP contribution >= 0.6 is 11.6 Å². The van der Waals surface area contributed by atoms with Gasteiger partial charge in [0.2, 0.25) is 5.95 Å². The molecule has 0 radical (unpaired) electrons. The van der Waals surface area contributed by atoms with Crippen molar-refractivity contribution in [2.45, 2.75) is 32.5 Å². The third-order valence-electron chi connectivity index (χ3n) is 3.23. The fourth-order valence-electron chi connectivity index (χ4n) is 1.79. The minimum absolute atomic E-state index is 0.0964. The fraction of sp³-hybridized carbons (Fsp3) is 0.333. The highest BCUT2D eigenvalue weighted by Gasteiger charge is 2.34. The maximum absolute atomic E-state index is 13.0. The SMILES string of the molecule is CC[C@@H](C)Nc1nc(Nc2cc(Cl)ccc2O)cc(C(F)(F)F)n1. The molecule has 3 N–H and O–H groups in total. The fourth-order valence-corrected chi connectivity index (χ4v) is 1.96. The molecule has 2 rings (SSSR count). The first-order valence-corrected chi connectivity index (χ1v) is 7.55. The summed E-state index contributed by atoms with van der Waals surface area (Å²) in [5, 5.41) is 15.5. The first-order chi connectivity index (χ1) is 11.2. The molecule has 0 saturated carbocycles. The number of halogens is 4. The summed E-state index contributed by atoms with van der Waals surface area (Å²) in [5.41, 5.74) is -0.948. The molecule has 1 aromatic heterocycles. The van der Waals surface area contributed by atoms with Gasteiger partial charge in [0.25, 0.3) is 0 Å². The smallest absolute Gasteiger partial charge is 0.433 e. The van der Waals surface area contributed by atoms with E-state index in [-0.39, 0.29) is 29.2 Å². The van der Waals surface area contributed by atoms with Gasteiger partial charge in [0, 0.05) is 17.1 Å². The Morgan fingerprint density at radius 3 is 2.58 bits per heavy atom. The summed E-state index contributed by atoms with van der Waals surface area (Å²) in [6, 6.07) is 4.84. The topological polar surface area (TPSA) is 70.1 Å². The van der Waals surface area contributed by atoms with Crippen LogP contribution in [-0.4, -0.2) is 21.1 Å². The molecule has 9 heteroatoms. The van der Waals surface area contributed by atoms with E-state index in [1.807, 2.05) is 6.92 Å². The summed E-state index contributed by atoms with van der Waals surface area (Å²) in [4.78, 5) is 7.51. The first kappa shape index (κ1) is 18.1. The maximum Gasteiger partial charge on any atom is 0.433 e. The molecular weight excluding hydrogens is 345 g/mol. The highest BCUT2D eigenvalue weighted by molar-refractivity contribution is 6.30. The number of phenolic OH excluding ortho intramolecular Hbond substituents is 1. The zero-order valence-electron chi connectivity index (χ0n) is 12.9. The van der Waals surface area contributed by atoms with E-state index in [0.29, 0.717) is 11.4 Å². The number of rotatable bonds is 5. The lowest BCUT2D eigenvalue weighted by molar-refractivity contribution is -0.141. The van der Waals surface area contributed by atoms with Crippen LogP contribution in [0.15, 0.2) is 24.3 Å². The van der Waals surface area contributed by atoms with Crippen LogP contribution in [0.1, 0.15) is 26.0 Å². The minimum atomic E-state index is -4.62. The molecule has 0 aliphatic rings. The van der Waals surface area contributed by atoms with Gasteiger partial charge in [0.1, 0.15) is 11.6 Å². The Morgan fingerprint density at radius 1 is 1.25 bits per heavy atom. The van der Waals surface area contributed by atoms with E-state index in [2.05, 4.69) is 20.6 Å². The standard InChI is InChI=1S/C15H16ClF3N4O/c1-3-8(2)20-14-22-12(15(17,18)19)7-13(23-14)21-10-6-9(16)4-5-11(10)24/h4-8,24H,3H2,1-2H3,(H2,20,21,22,23)/t8-/m1/s1. The van der Waals surface area contributed by atoms with E-state index < -0.39 is 11.9 Å². The van der Waals surface area contributed by atoms with Crippen molar-refractivity contribution in [1.82, 2.24) is 9.97 Å². The van der Waals surface area contributed by atoms with E-state index in [0.717, 1.165) is 6.07 Å². The predicted octanol–water partition coefficient (Wildman–Crippen LogP) is 4.81. The quantitative estimate of drug-likeness (QED) is 0.667. The van der Waals surface area contributed by atoms with Crippen LogP contribution in [0.25, 0.3) is 0 Å². The normalized spacial score (nSPS) is 12.8. The van der Waals surface area contributed by atoms with Crippen molar-refractivity contribution in [2.75, 3.05) is 10.6 Å². The zero-order valence-corrected chi connectivity index (χ0v) is 13.7. The molecular formula is C15H16ClF3N4O. The molecule has 0 amide bonds. The van der Waals surface area contributed by atoms with Gasteiger partial charge in [-0.25, -0.2) is 4.98 Å². The number of nitrogens with zero attached hydrogens (tertiary/aromatic N) is 2. The Balaban J connectivity index is 2.40. The second-order valence-electron chi connectivity index (χ2n) is 5.20. The molecule has 1 heterocycles. The van der Waals surface area contributed by atoms with Crippen molar-refractivity contribution in [3.63, 3.8) is 0 Å².